The lowest BCUT2D eigenvalue weighted by molar-refractivity contribution is -0.123. The summed E-state index contributed by atoms with van der Waals surface area (Å²) < 4.78 is 5.27. The van der Waals surface area contributed by atoms with Crippen molar-refractivity contribution < 1.29 is 14.6 Å². The normalized spacial score (nSPS) is 10.7. The van der Waals surface area contributed by atoms with E-state index in [-0.39, 0.29) is 18.3 Å². The first-order valence-electron chi connectivity index (χ1n) is 7.83. The van der Waals surface area contributed by atoms with Crippen LogP contribution in [0.1, 0.15) is 12.2 Å². The van der Waals surface area contributed by atoms with E-state index in [1.54, 1.807) is 18.2 Å². The Labute approximate surface area is 139 Å². The van der Waals surface area contributed by atoms with Gasteiger partial charge in [0.15, 0.2) is 18.1 Å². The number of phenolic OH excluding ortho intramolecular Hbond substituents is 1. The molecule has 0 unspecified atom stereocenters. The van der Waals surface area contributed by atoms with Gasteiger partial charge in [0, 0.05) is 13.0 Å². The number of aryl methyl sites for hydroxylation is 1. The summed E-state index contributed by atoms with van der Waals surface area (Å²) in [4.78, 5) is 19.5. The highest BCUT2D eigenvalue weighted by Gasteiger charge is 2.06. The fourth-order valence-electron chi connectivity index (χ4n) is 2.38. The molecule has 0 saturated heterocycles. The number of nitrogens with one attached hydrogen (secondary N) is 2. The number of ether oxygens (including phenoxy) is 1. The molecule has 6 heteroatoms. The number of hydrogen-bond acceptors (Lipinski definition) is 4. The van der Waals surface area contributed by atoms with Crippen LogP contribution in [-0.4, -0.2) is 34.1 Å². The van der Waals surface area contributed by atoms with E-state index in [4.69, 9.17) is 4.74 Å². The van der Waals surface area contributed by atoms with E-state index in [0.717, 1.165) is 29.7 Å². The number of para-hydroxylation sites is 4. The van der Waals surface area contributed by atoms with Crippen LogP contribution in [0.25, 0.3) is 11.0 Å². The second-order valence-electron chi connectivity index (χ2n) is 5.41. The van der Waals surface area contributed by atoms with Crippen LogP contribution in [0.4, 0.5) is 0 Å². The molecule has 0 aliphatic carbocycles. The van der Waals surface area contributed by atoms with Crippen molar-refractivity contribution in [1.82, 2.24) is 15.3 Å². The van der Waals surface area contributed by atoms with E-state index in [9.17, 15) is 9.90 Å². The van der Waals surface area contributed by atoms with E-state index in [1.165, 1.54) is 6.07 Å². The molecule has 0 fully saturated rings. The van der Waals surface area contributed by atoms with Gasteiger partial charge in [-0.3, -0.25) is 4.79 Å². The number of benzene rings is 2. The Morgan fingerprint density at radius 3 is 2.79 bits per heavy atom. The average Bonchev–Trinajstić information content (AvgIpc) is 3.01. The zero-order chi connectivity index (χ0) is 16.8. The third-order valence-corrected chi connectivity index (χ3v) is 3.57. The Morgan fingerprint density at radius 2 is 1.96 bits per heavy atom. The SMILES string of the molecule is O=C(COc1ccccc1O)NCCCc1nc2ccccc2[nH]1. The molecule has 0 saturated carbocycles. The lowest BCUT2D eigenvalue weighted by Crippen LogP contribution is -2.29. The van der Waals surface area contributed by atoms with Gasteiger partial charge < -0.3 is 20.1 Å². The van der Waals surface area contributed by atoms with Gasteiger partial charge in [-0.1, -0.05) is 24.3 Å². The van der Waals surface area contributed by atoms with Gasteiger partial charge in [-0.2, -0.15) is 0 Å². The van der Waals surface area contributed by atoms with Crippen molar-refractivity contribution in [2.75, 3.05) is 13.2 Å². The molecular weight excluding hydrogens is 306 g/mol. The number of aromatic nitrogens is 2. The Balaban J connectivity index is 1.38. The van der Waals surface area contributed by atoms with Crippen LogP contribution in [0.5, 0.6) is 11.5 Å². The molecule has 0 atom stereocenters. The van der Waals surface area contributed by atoms with Gasteiger partial charge in [0.05, 0.1) is 11.0 Å². The monoisotopic (exact) mass is 325 g/mol. The fraction of sp³-hybridized carbons (Fsp3) is 0.222. The van der Waals surface area contributed by atoms with Crippen LogP contribution >= 0.6 is 0 Å². The largest absolute Gasteiger partial charge is 0.504 e. The highest BCUT2D eigenvalue weighted by molar-refractivity contribution is 5.77. The van der Waals surface area contributed by atoms with Crippen LogP contribution in [0.3, 0.4) is 0 Å². The maximum Gasteiger partial charge on any atom is 0.257 e. The maximum atomic E-state index is 11.7. The van der Waals surface area contributed by atoms with Crippen LogP contribution in [0, 0.1) is 0 Å². The highest BCUT2D eigenvalue weighted by Crippen LogP contribution is 2.23. The summed E-state index contributed by atoms with van der Waals surface area (Å²) in [5.41, 5.74) is 1.97. The molecule has 0 spiro atoms. The number of hydrogen-bond donors (Lipinski definition) is 3. The van der Waals surface area contributed by atoms with Gasteiger partial charge in [-0.15, -0.1) is 0 Å². The number of aromatic hydroxyl groups is 1. The van der Waals surface area contributed by atoms with Gasteiger partial charge in [-0.25, -0.2) is 4.98 Å². The quantitative estimate of drug-likeness (QED) is 0.582. The molecule has 3 rings (SSSR count). The summed E-state index contributed by atoms with van der Waals surface area (Å²) >= 11 is 0. The minimum Gasteiger partial charge on any atom is -0.504 e. The molecule has 1 aromatic heterocycles. The van der Waals surface area contributed by atoms with Gasteiger partial charge in [0.25, 0.3) is 5.91 Å². The summed E-state index contributed by atoms with van der Waals surface area (Å²) in [7, 11) is 0. The molecule has 3 aromatic rings. The molecule has 0 radical (unpaired) electrons. The molecule has 124 valence electrons. The second kappa shape index (κ2) is 7.50. The Morgan fingerprint density at radius 1 is 1.17 bits per heavy atom. The van der Waals surface area contributed by atoms with Crippen molar-refractivity contribution in [3.63, 3.8) is 0 Å². The van der Waals surface area contributed by atoms with Crippen LogP contribution in [0.15, 0.2) is 48.5 Å². The Bertz CT molecular complexity index is 796. The third-order valence-electron chi connectivity index (χ3n) is 3.57. The van der Waals surface area contributed by atoms with Crippen molar-refractivity contribution in [3.8, 4) is 11.5 Å². The van der Waals surface area contributed by atoms with E-state index in [1.807, 2.05) is 24.3 Å². The molecule has 0 aliphatic rings. The molecule has 1 amide bonds. The summed E-state index contributed by atoms with van der Waals surface area (Å²) in [6.07, 6.45) is 1.54. The predicted octanol–water partition coefficient (Wildman–Crippen LogP) is 2.40. The van der Waals surface area contributed by atoms with Crippen LogP contribution in [-0.2, 0) is 11.2 Å². The number of fused-ring (bicyclic) bond motifs is 1. The summed E-state index contributed by atoms with van der Waals surface area (Å²) in [6.45, 7) is 0.419. The smallest absolute Gasteiger partial charge is 0.257 e. The van der Waals surface area contributed by atoms with E-state index in [0.29, 0.717) is 12.3 Å². The van der Waals surface area contributed by atoms with E-state index in [2.05, 4.69) is 15.3 Å². The minimum atomic E-state index is -0.220. The summed E-state index contributed by atoms with van der Waals surface area (Å²) in [6, 6.07) is 14.4. The molecule has 6 nitrogen and oxygen atoms in total. The first-order chi connectivity index (χ1) is 11.7. The lowest BCUT2D eigenvalue weighted by Gasteiger charge is -2.08. The first kappa shape index (κ1) is 15.9. The summed E-state index contributed by atoms with van der Waals surface area (Å²) in [5.74, 6) is 1.02. The van der Waals surface area contributed by atoms with Gasteiger partial charge in [-0.05, 0) is 30.7 Å². The number of carbonyl (C=O) groups is 1. The number of amides is 1. The minimum absolute atomic E-state index is 0.0233. The van der Waals surface area contributed by atoms with Crippen molar-refractivity contribution in [2.45, 2.75) is 12.8 Å². The number of rotatable bonds is 7. The topological polar surface area (TPSA) is 87.2 Å². The number of H-pyrrole nitrogens is 1. The number of carbonyl (C=O) groups excluding carboxylic acids is 1. The standard InChI is InChI=1S/C18H19N3O3/c22-15-8-3-4-9-16(15)24-12-18(23)19-11-5-10-17-20-13-6-1-2-7-14(13)21-17/h1-4,6-9,22H,5,10-12H2,(H,19,23)(H,20,21). The Hall–Kier alpha value is -3.02. The summed E-state index contributed by atoms with van der Waals surface area (Å²) in [5, 5.41) is 12.3. The molecule has 0 aliphatic heterocycles. The van der Waals surface area contributed by atoms with E-state index >= 15 is 0 Å². The van der Waals surface area contributed by atoms with Crippen LogP contribution < -0.4 is 10.1 Å². The van der Waals surface area contributed by atoms with Crippen molar-refractivity contribution >= 4 is 16.9 Å². The van der Waals surface area contributed by atoms with E-state index < -0.39 is 0 Å². The van der Waals surface area contributed by atoms with Crippen LogP contribution in [0.2, 0.25) is 0 Å². The molecule has 1 heterocycles. The highest BCUT2D eigenvalue weighted by atomic mass is 16.5. The predicted molar refractivity (Wildman–Crippen MR) is 91.0 cm³/mol. The number of aromatic amines is 1. The van der Waals surface area contributed by atoms with Crippen molar-refractivity contribution in [3.05, 3.63) is 54.4 Å². The van der Waals surface area contributed by atoms with Gasteiger partial charge in [0.1, 0.15) is 5.82 Å². The molecular formula is C18H19N3O3. The first-order valence-corrected chi connectivity index (χ1v) is 7.83. The maximum absolute atomic E-state index is 11.7. The number of phenols is 1. The van der Waals surface area contributed by atoms with Crippen molar-refractivity contribution in [2.24, 2.45) is 0 Å². The van der Waals surface area contributed by atoms with Gasteiger partial charge >= 0.3 is 0 Å². The fourth-order valence-corrected chi connectivity index (χ4v) is 2.38. The van der Waals surface area contributed by atoms with Gasteiger partial charge in [0.2, 0.25) is 0 Å². The Kier molecular flexibility index (Phi) is 4.96. The zero-order valence-corrected chi connectivity index (χ0v) is 13.2. The lowest BCUT2D eigenvalue weighted by atomic mass is 10.3. The molecule has 24 heavy (non-hydrogen) atoms. The number of nitrogens with zero attached hydrogens (tertiary/aromatic N) is 1. The molecule has 2 aromatic carbocycles. The third kappa shape index (κ3) is 4.04. The van der Waals surface area contributed by atoms with Crippen molar-refractivity contribution in [1.29, 1.82) is 0 Å². The molecule has 3 N–H and O–H groups in total. The number of imidazole rings is 1. The molecule has 0 bridgehead atoms. The average molecular weight is 325 g/mol. The second-order valence-corrected chi connectivity index (χ2v) is 5.41. The zero-order valence-electron chi connectivity index (χ0n) is 13.2.